The van der Waals surface area contributed by atoms with Gasteiger partial charge >= 0.3 is 5.97 Å². The van der Waals surface area contributed by atoms with Crippen LogP contribution in [0.4, 0.5) is 23.0 Å². The van der Waals surface area contributed by atoms with Gasteiger partial charge in [-0.3, -0.25) is 14.8 Å². The average Bonchev–Trinajstić information content (AvgIpc) is 3.96. The Balaban J connectivity index is 0.000000153. The minimum Gasteiger partial charge on any atom is -0.478 e. The molecule has 0 spiro atoms. The van der Waals surface area contributed by atoms with E-state index >= 15 is 0 Å². The number of fused-ring (bicyclic) bond motifs is 4. The zero-order chi connectivity index (χ0) is 35.9. The molecule has 9 rings (SSSR count). The maximum atomic E-state index is 13.2. The molecule has 1 amide bonds. The Hall–Kier alpha value is -6.48. The zero-order valence-electron chi connectivity index (χ0n) is 28.9. The first-order chi connectivity index (χ1) is 25.2. The number of aryl methyl sites for hydroxylation is 2. The second kappa shape index (κ2) is 13.3. The molecule has 4 aromatic heterocycles. The molecular weight excluding hydrogens is 660 g/mol. The van der Waals surface area contributed by atoms with Gasteiger partial charge < -0.3 is 35.5 Å². The molecule has 6 aromatic rings. The molecule has 5 N–H and O–H groups in total. The van der Waals surface area contributed by atoms with Crippen LogP contribution in [0, 0.1) is 13.8 Å². The fourth-order valence-electron chi connectivity index (χ4n) is 6.72. The van der Waals surface area contributed by atoms with E-state index in [0.29, 0.717) is 40.4 Å². The highest BCUT2D eigenvalue weighted by molar-refractivity contribution is 6.10. The smallest absolute Gasteiger partial charge is 0.338 e. The maximum Gasteiger partial charge on any atom is 0.338 e. The van der Waals surface area contributed by atoms with E-state index in [4.69, 9.17) is 0 Å². The first kappa shape index (κ1) is 32.7. The number of rotatable bonds is 6. The Morgan fingerprint density at radius 3 is 1.73 bits per heavy atom. The van der Waals surface area contributed by atoms with Gasteiger partial charge in [0, 0.05) is 62.4 Å². The summed E-state index contributed by atoms with van der Waals surface area (Å²) in [4.78, 5) is 60.4. The van der Waals surface area contributed by atoms with Crippen molar-refractivity contribution in [3.05, 3.63) is 93.8 Å². The van der Waals surface area contributed by atoms with Crippen LogP contribution in [0.15, 0.2) is 59.3 Å². The fraction of sp³-hybridized carbons (Fsp3) is 0.243. The number of aromatic carboxylic acids is 1. The number of carbonyl (C=O) groups excluding carboxylic acids is 1. The molecule has 7 heterocycles. The zero-order valence-corrected chi connectivity index (χ0v) is 28.9. The van der Waals surface area contributed by atoms with Crippen molar-refractivity contribution in [2.24, 2.45) is 9.98 Å². The molecule has 0 saturated carbocycles. The normalized spacial score (nSPS) is 14.7. The van der Waals surface area contributed by atoms with Gasteiger partial charge in [-0.15, -0.1) is 0 Å². The number of hydrogen-bond donors (Lipinski definition) is 5. The van der Waals surface area contributed by atoms with Gasteiger partial charge in [-0.2, -0.15) is 0 Å². The summed E-state index contributed by atoms with van der Waals surface area (Å²) in [7, 11) is 2.08. The van der Waals surface area contributed by atoms with E-state index in [9.17, 15) is 14.7 Å². The maximum absolute atomic E-state index is 13.2. The third kappa shape index (κ3) is 6.11. The van der Waals surface area contributed by atoms with E-state index in [0.717, 1.165) is 71.7 Å². The fourth-order valence-corrected chi connectivity index (χ4v) is 6.72. The third-order valence-electron chi connectivity index (χ3n) is 9.65. The van der Waals surface area contributed by atoms with Crippen LogP contribution in [-0.2, 0) is 13.1 Å². The average molecular weight is 697 g/mol. The quantitative estimate of drug-likeness (QED) is 0.159. The molecule has 2 aromatic carbocycles. The molecule has 0 atom stereocenters. The van der Waals surface area contributed by atoms with Crippen LogP contribution in [0.2, 0.25) is 0 Å². The standard InChI is InChI=1S/C21H23N7O.C16H13N5O2/c1-13-7-14-9-22-10-15(14)8-17(13)26-20-18-16(11-23-19(18)24-12-25-20)21(29)28-5-3-27(2)4-6-28;1-8-2-9-4-17-5-10(9)3-12(8)21-15-13-11(16(22)23)6-18-14(13)19-7-20-15/h7-8,10-12H,3-6,9H2,1-2H3,(H2,23,24,25,26);2-3,5-7H,4H2,1H3,(H,22,23)(H2,18,19,20,21). The Kier molecular flexibility index (Phi) is 8.39. The molecule has 1 saturated heterocycles. The largest absolute Gasteiger partial charge is 0.478 e. The lowest BCUT2D eigenvalue weighted by atomic mass is 10.0. The number of likely N-dealkylation sites (N-methyl/N-ethyl adjacent to an activating group) is 1. The summed E-state index contributed by atoms with van der Waals surface area (Å²) in [5.41, 5.74) is 10.5. The number of aromatic nitrogens is 6. The number of carbonyl (C=O) groups is 2. The molecule has 0 bridgehead atoms. The number of hydrogen-bond acceptors (Lipinski definition) is 11. The highest BCUT2D eigenvalue weighted by Gasteiger charge is 2.25. The van der Waals surface area contributed by atoms with Crippen LogP contribution in [0.1, 0.15) is 54.1 Å². The summed E-state index contributed by atoms with van der Waals surface area (Å²) in [5, 5.41) is 17.2. The number of carboxylic acids is 1. The minimum absolute atomic E-state index is 0.0139. The van der Waals surface area contributed by atoms with Gasteiger partial charge in [0.05, 0.1) is 35.0 Å². The summed E-state index contributed by atoms with van der Waals surface area (Å²) >= 11 is 0. The van der Waals surface area contributed by atoms with Crippen molar-refractivity contribution in [2.75, 3.05) is 43.9 Å². The monoisotopic (exact) mass is 696 g/mol. The van der Waals surface area contributed by atoms with Crippen LogP contribution in [0.5, 0.6) is 0 Å². The highest BCUT2D eigenvalue weighted by atomic mass is 16.4. The molecule has 52 heavy (non-hydrogen) atoms. The molecule has 3 aliphatic rings. The van der Waals surface area contributed by atoms with Crippen LogP contribution in [0.25, 0.3) is 22.1 Å². The van der Waals surface area contributed by atoms with E-state index in [1.54, 1.807) is 6.20 Å². The molecule has 0 aliphatic carbocycles. The predicted octanol–water partition coefficient (Wildman–Crippen LogP) is 4.97. The number of piperazine rings is 1. The molecule has 15 heteroatoms. The lowest BCUT2D eigenvalue weighted by Gasteiger charge is -2.32. The number of aliphatic imine (C=N–C) groups is 2. The second-order valence-electron chi connectivity index (χ2n) is 13.1. The number of H-pyrrole nitrogens is 2. The van der Waals surface area contributed by atoms with Crippen LogP contribution < -0.4 is 10.6 Å². The van der Waals surface area contributed by atoms with Crippen molar-refractivity contribution >= 4 is 69.4 Å². The number of benzene rings is 2. The van der Waals surface area contributed by atoms with Gasteiger partial charge in [-0.05, 0) is 66.4 Å². The molecule has 15 nitrogen and oxygen atoms in total. The van der Waals surface area contributed by atoms with Gasteiger partial charge in [-0.1, -0.05) is 12.1 Å². The summed E-state index contributed by atoms with van der Waals surface area (Å²) in [6, 6.07) is 8.32. The number of carboxylic acid groups (broad SMARTS) is 1. The van der Waals surface area contributed by atoms with Gasteiger partial charge in [0.1, 0.15) is 35.6 Å². The minimum atomic E-state index is -1.02. The number of nitrogens with zero attached hydrogens (tertiary/aromatic N) is 8. The molecule has 1 fully saturated rings. The topological polar surface area (TPSA) is 193 Å². The highest BCUT2D eigenvalue weighted by Crippen LogP contribution is 2.32. The van der Waals surface area contributed by atoms with E-state index < -0.39 is 5.97 Å². The van der Waals surface area contributed by atoms with E-state index in [2.05, 4.69) is 87.6 Å². The van der Waals surface area contributed by atoms with E-state index in [-0.39, 0.29) is 11.5 Å². The van der Waals surface area contributed by atoms with Crippen molar-refractivity contribution in [1.29, 1.82) is 0 Å². The first-order valence-electron chi connectivity index (χ1n) is 16.9. The van der Waals surface area contributed by atoms with Gasteiger partial charge in [0.15, 0.2) is 0 Å². The number of anilines is 4. The second-order valence-corrected chi connectivity index (χ2v) is 13.1. The predicted molar refractivity (Wildman–Crippen MR) is 200 cm³/mol. The molecular formula is C37H36N12O3. The van der Waals surface area contributed by atoms with Crippen molar-refractivity contribution in [3.8, 4) is 0 Å². The Labute approximate surface area is 298 Å². The summed E-state index contributed by atoms with van der Waals surface area (Å²) in [6.45, 7) is 8.70. The number of amides is 1. The van der Waals surface area contributed by atoms with Crippen LogP contribution in [0.3, 0.4) is 0 Å². The molecule has 3 aliphatic heterocycles. The first-order valence-corrected chi connectivity index (χ1v) is 16.9. The van der Waals surface area contributed by atoms with E-state index in [1.165, 1.54) is 30.0 Å². The summed E-state index contributed by atoms with van der Waals surface area (Å²) in [6.07, 6.45) is 9.82. The number of nitrogens with one attached hydrogen (secondary N) is 4. The van der Waals surface area contributed by atoms with Gasteiger partial charge in [0.2, 0.25) is 0 Å². The van der Waals surface area contributed by atoms with Gasteiger partial charge in [0.25, 0.3) is 5.91 Å². The lowest BCUT2D eigenvalue weighted by molar-refractivity contribution is 0.0664. The Bertz CT molecular complexity index is 2440. The Morgan fingerprint density at radius 2 is 1.21 bits per heavy atom. The van der Waals surface area contributed by atoms with Crippen LogP contribution >= 0.6 is 0 Å². The summed E-state index contributed by atoms with van der Waals surface area (Å²) < 4.78 is 0. The van der Waals surface area contributed by atoms with E-state index in [1.807, 2.05) is 30.3 Å². The van der Waals surface area contributed by atoms with Crippen LogP contribution in [-0.4, -0.2) is 102 Å². The van der Waals surface area contributed by atoms with Crippen molar-refractivity contribution in [3.63, 3.8) is 0 Å². The van der Waals surface area contributed by atoms with Gasteiger partial charge in [-0.25, -0.2) is 24.7 Å². The SMILES string of the molecule is Cc1cc2c(cc1Nc1ncnc3[nH]cc(C(=O)N4CCN(C)CC4)c13)C=NC2.Cc1cc2c(cc1Nc1ncnc3[nH]cc(C(=O)O)c13)C=NC2. The third-order valence-corrected chi connectivity index (χ3v) is 9.65. The Morgan fingerprint density at radius 1 is 0.712 bits per heavy atom. The number of aromatic amines is 2. The lowest BCUT2D eigenvalue weighted by Crippen LogP contribution is -2.47. The van der Waals surface area contributed by atoms with Crippen molar-refractivity contribution < 1.29 is 14.7 Å². The summed E-state index contributed by atoms with van der Waals surface area (Å²) in [5.74, 6) is 0.0882. The van der Waals surface area contributed by atoms with Crippen molar-refractivity contribution in [1.82, 2.24) is 39.7 Å². The van der Waals surface area contributed by atoms with Crippen molar-refractivity contribution in [2.45, 2.75) is 26.9 Å². The molecule has 262 valence electrons. The molecule has 0 radical (unpaired) electrons. The molecule has 0 unspecified atom stereocenters.